The van der Waals surface area contributed by atoms with E-state index in [1.807, 2.05) is 30.3 Å². The van der Waals surface area contributed by atoms with E-state index in [-0.39, 0.29) is 6.10 Å². The number of rotatable bonds is 4. The Morgan fingerprint density at radius 1 is 1.19 bits per heavy atom. The number of nitriles is 1. The summed E-state index contributed by atoms with van der Waals surface area (Å²) in [6.07, 6.45) is 1.21. The summed E-state index contributed by atoms with van der Waals surface area (Å²) >= 11 is 0. The van der Waals surface area contributed by atoms with Crippen LogP contribution in [0.4, 0.5) is 5.82 Å². The molecule has 4 heteroatoms. The van der Waals surface area contributed by atoms with Crippen LogP contribution in [-0.4, -0.2) is 24.2 Å². The van der Waals surface area contributed by atoms with Crippen molar-refractivity contribution in [2.45, 2.75) is 19.1 Å². The highest BCUT2D eigenvalue weighted by atomic mass is 16.5. The second-order valence-corrected chi connectivity index (χ2v) is 5.15. The molecular weight excluding hydrogens is 262 g/mol. The Bertz CT molecular complexity index is 636. The lowest BCUT2D eigenvalue weighted by Gasteiger charge is -2.17. The van der Waals surface area contributed by atoms with Gasteiger partial charge in [0.15, 0.2) is 0 Å². The van der Waals surface area contributed by atoms with Crippen LogP contribution in [0, 0.1) is 11.3 Å². The fourth-order valence-corrected chi connectivity index (χ4v) is 2.52. The van der Waals surface area contributed by atoms with E-state index in [1.165, 1.54) is 5.56 Å². The molecule has 0 aliphatic carbocycles. The molecule has 0 amide bonds. The molecule has 1 unspecified atom stereocenters. The van der Waals surface area contributed by atoms with Crippen LogP contribution in [0.15, 0.2) is 48.5 Å². The average Bonchev–Trinajstić information content (AvgIpc) is 3.03. The first-order valence-corrected chi connectivity index (χ1v) is 7.13. The van der Waals surface area contributed by atoms with Crippen LogP contribution in [-0.2, 0) is 11.3 Å². The first-order chi connectivity index (χ1) is 10.3. The van der Waals surface area contributed by atoms with Gasteiger partial charge in [0.25, 0.3) is 0 Å². The highest BCUT2D eigenvalue weighted by Crippen LogP contribution is 2.20. The summed E-state index contributed by atoms with van der Waals surface area (Å²) in [5.41, 5.74) is 1.65. The van der Waals surface area contributed by atoms with Gasteiger partial charge in [-0.25, -0.2) is 4.98 Å². The lowest BCUT2D eigenvalue weighted by Crippen LogP contribution is -2.23. The van der Waals surface area contributed by atoms with Crippen molar-refractivity contribution in [3.8, 4) is 6.07 Å². The van der Waals surface area contributed by atoms with Crippen molar-refractivity contribution in [1.82, 2.24) is 4.98 Å². The van der Waals surface area contributed by atoms with E-state index in [1.54, 1.807) is 6.07 Å². The maximum atomic E-state index is 8.91. The summed E-state index contributed by atoms with van der Waals surface area (Å²) in [6, 6.07) is 17.8. The van der Waals surface area contributed by atoms with E-state index >= 15 is 0 Å². The topological polar surface area (TPSA) is 49.2 Å². The molecule has 2 heterocycles. The van der Waals surface area contributed by atoms with Gasteiger partial charge in [0, 0.05) is 13.1 Å². The smallest absolute Gasteiger partial charge is 0.142 e. The molecule has 1 aromatic heterocycles. The van der Waals surface area contributed by atoms with Gasteiger partial charge in [0.1, 0.15) is 17.6 Å². The Morgan fingerprint density at radius 2 is 2.05 bits per heavy atom. The number of hydrogen-bond donors (Lipinski definition) is 0. The average molecular weight is 279 g/mol. The number of hydrogen-bond acceptors (Lipinski definition) is 4. The zero-order valence-corrected chi connectivity index (χ0v) is 11.8. The molecule has 0 N–H and O–H groups in total. The van der Waals surface area contributed by atoms with Crippen molar-refractivity contribution in [3.05, 3.63) is 59.8 Å². The summed E-state index contributed by atoms with van der Waals surface area (Å²) in [7, 11) is 0. The highest BCUT2D eigenvalue weighted by Gasteiger charge is 2.24. The van der Waals surface area contributed by atoms with Gasteiger partial charge >= 0.3 is 0 Å². The first-order valence-electron chi connectivity index (χ1n) is 7.13. The Morgan fingerprint density at radius 3 is 2.86 bits per heavy atom. The Labute approximate surface area is 124 Å². The summed E-state index contributed by atoms with van der Waals surface area (Å²) in [4.78, 5) is 6.51. The number of pyridine rings is 1. The summed E-state index contributed by atoms with van der Waals surface area (Å²) < 4.78 is 5.96. The van der Waals surface area contributed by atoms with Crippen LogP contribution in [0.1, 0.15) is 17.7 Å². The fraction of sp³-hybridized carbons (Fsp3) is 0.294. The second kappa shape index (κ2) is 6.38. The Balaban J connectivity index is 1.57. The Kier molecular flexibility index (Phi) is 4.13. The molecular formula is C17H17N3O. The van der Waals surface area contributed by atoms with Gasteiger partial charge in [-0.1, -0.05) is 36.4 Å². The van der Waals surface area contributed by atoms with Crippen molar-refractivity contribution in [2.24, 2.45) is 0 Å². The molecule has 21 heavy (non-hydrogen) atoms. The molecule has 1 atom stereocenters. The van der Waals surface area contributed by atoms with Crippen LogP contribution >= 0.6 is 0 Å². The van der Waals surface area contributed by atoms with Crippen LogP contribution in [0.5, 0.6) is 0 Å². The van der Waals surface area contributed by atoms with Crippen molar-refractivity contribution >= 4 is 5.82 Å². The maximum Gasteiger partial charge on any atom is 0.142 e. The molecule has 1 aliphatic heterocycles. The van der Waals surface area contributed by atoms with Crippen LogP contribution in [0.3, 0.4) is 0 Å². The van der Waals surface area contributed by atoms with E-state index in [0.29, 0.717) is 12.3 Å². The van der Waals surface area contributed by atoms with Gasteiger partial charge in [-0.15, -0.1) is 0 Å². The van der Waals surface area contributed by atoms with Crippen molar-refractivity contribution < 1.29 is 4.74 Å². The molecule has 106 valence electrons. The summed E-state index contributed by atoms with van der Waals surface area (Å²) in [5, 5.41) is 8.91. The quantitative estimate of drug-likeness (QED) is 0.863. The predicted octanol–water partition coefficient (Wildman–Crippen LogP) is 2.75. The van der Waals surface area contributed by atoms with Gasteiger partial charge in [0.05, 0.1) is 12.7 Å². The number of aromatic nitrogens is 1. The van der Waals surface area contributed by atoms with Crippen LogP contribution in [0.2, 0.25) is 0 Å². The molecule has 0 saturated carbocycles. The molecule has 1 saturated heterocycles. The van der Waals surface area contributed by atoms with Gasteiger partial charge < -0.3 is 9.64 Å². The lowest BCUT2D eigenvalue weighted by atomic mass is 10.2. The maximum absolute atomic E-state index is 8.91. The minimum absolute atomic E-state index is 0.220. The molecule has 2 aromatic rings. The van der Waals surface area contributed by atoms with E-state index in [4.69, 9.17) is 10.00 Å². The van der Waals surface area contributed by atoms with Crippen LogP contribution < -0.4 is 4.90 Å². The summed E-state index contributed by atoms with van der Waals surface area (Å²) in [6.45, 7) is 2.39. The van der Waals surface area contributed by atoms with Gasteiger partial charge in [-0.05, 0) is 24.1 Å². The molecule has 4 nitrogen and oxygen atoms in total. The normalized spacial score (nSPS) is 17.7. The number of ether oxygens (including phenoxy) is 1. The van der Waals surface area contributed by atoms with E-state index < -0.39 is 0 Å². The van der Waals surface area contributed by atoms with Crippen molar-refractivity contribution in [3.63, 3.8) is 0 Å². The number of anilines is 1. The van der Waals surface area contributed by atoms with E-state index in [2.05, 4.69) is 28.1 Å². The third-order valence-corrected chi connectivity index (χ3v) is 3.65. The third-order valence-electron chi connectivity index (χ3n) is 3.65. The second-order valence-electron chi connectivity index (χ2n) is 5.15. The van der Waals surface area contributed by atoms with Gasteiger partial charge in [-0.3, -0.25) is 0 Å². The van der Waals surface area contributed by atoms with Crippen molar-refractivity contribution in [1.29, 1.82) is 5.26 Å². The van der Waals surface area contributed by atoms with E-state index in [0.717, 1.165) is 25.3 Å². The molecule has 0 bridgehead atoms. The molecule has 0 spiro atoms. The summed E-state index contributed by atoms with van der Waals surface area (Å²) in [5.74, 6) is 0.861. The van der Waals surface area contributed by atoms with Crippen molar-refractivity contribution in [2.75, 3.05) is 18.0 Å². The lowest BCUT2D eigenvalue weighted by molar-refractivity contribution is 0.0553. The molecule has 0 radical (unpaired) electrons. The zero-order chi connectivity index (χ0) is 14.5. The SMILES string of the molecule is N#Cc1cccc(N2CCC(OCc3ccccc3)C2)n1. The highest BCUT2D eigenvalue weighted by molar-refractivity contribution is 5.42. The first kappa shape index (κ1) is 13.6. The monoisotopic (exact) mass is 279 g/mol. The third kappa shape index (κ3) is 3.39. The van der Waals surface area contributed by atoms with Crippen LogP contribution in [0.25, 0.3) is 0 Å². The molecule has 3 rings (SSSR count). The van der Waals surface area contributed by atoms with E-state index in [9.17, 15) is 0 Å². The predicted molar refractivity (Wildman–Crippen MR) is 80.8 cm³/mol. The largest absolute Gasteiger partial charge is 0.372 e. The molecule has 1 aliphatic rings. The Hall–Kier alpha value is -2.38. The minimum atomic E-state index is 0.220. The standard InChI is InChI=1S/C17H17N3O/c18-11-15-7-4-8-17(19-15)20-10-9-16(12-20)21-13-14-5-2-1-3-6-14/h1-8,16H,9-10,12-13H2. The number of benzene rings is 1. The zero-order valence-electron chi connectivity index (χ0n) is 11.8. The molecule has 1 aromatic carbocycles. The van der Waals surface area contributed by atoms with Gasteiger partial charge in [0.2, 0.25) is 0 Å². The fourth-order valence-electron chi connectivity index (χ4n) is 2.52. The minimum Gasteiger partial charge on any atom is -0.372 e. The van der Waals surface area contributed by atoms with Gasteiger partial charge in [-0.2, -0.15) is 5.26 Å². The number of nitrogens with zero attached hydrogens (tertiary/aromatic N) is 3. The molecule has 1 fully saturated rings.